The molecule has 1 aliphatic heterocycles. The quantitative estimate of drug-likeness (QED) is 0.0293. The highest BCUT2D eigenvalue weighted by Crippen LogP contribution is 2.24. The number of carbonyl (C=O) groups excluding carboxylic acids is 1. The van der Waals surface area contributed by atoms with Crippen LogP contribution in [0.25, 0.3) is 0 Å². The van der Waals surface area contributed by atoms with Crippen LogP contribution in [0, 0.1) is 0 Å². The summed E-state index contributed by atoms with van der Waals surface area (Å²) in [7, 11) is 0. The van der Waals surface area contributed by atoms with E-state index < -0.39 is 55.6 Å². The summed E-state index contributed by atoms with van der Waals surface area (Å²) in [6, 6.07) is -0.986. The maximum absolute atomic E-state index is 13.1. The van der Waals surface area contributed by atoms with Crippen LogP contribution in [0.1, 0.15) is 303 Å². The van der Waals surface area contributed by atoms with E-state index in [1.54, 1.807) is 0 Å². The molecule has 1 aliphatic rings. The van der Waals surface area contributed by atoms with E-state index in [2.05, 4.69) is 19.2 Å². The number of unbranched alkanes of at least 4 members (excludes halogenated alkanes) is 41. The molecule has 0 radical (unpaired) electrons. The Bertz CT molecular complexity index is 1050. The van der Waals surface area contributed by atoms with E-state index in [0.717, 1.165) is 38.5 Å². The summed E-state index contributed by atoms with van der Waals surface area (Å²) in [6.45, 7) is 3.64. The second-order valence-corrected chi connectivity index (χ2v) is 21.3. The largest absolute Gasteiger partial charge is 0.394 e. The van der Waals surface area contributed by atoms with Crippen molar-refractivity contribution in [3.63, 3.8) is 0 Å². The van der Waals surface area contributed by atoms with Gasteiger partial charge in [-0.25, -0.2) is 0 Å². The van der Waals surface area contributed by atoms with Gasteiger partial charge in [-0.05, 0) is 12.8 Å². The van der Waals surface area contributed by atoms with Crippen molar-refractivity contribution in [3.8, 4) is 0 Å². The van der Waals surface area contributed by atoms with Gasteiger partial charge < -0.3 is 45.4 Å². The normalized spacial score (nSPS) is 19.9. The third kappa shape index (κ3) is 37.0. The van der Waals surface area contributed by atoms with Gasteiger partial charge in [0.15, 0.2) is 6.29 Å². The molecular formula is C58H115NO9. The Kier molecular flexibility index (Phi) is 46.4. The maximum atomic E-state index is 13.1. The minimum absolute atomic E-state index is 0.251. The van der Waals surface area contributed by atoms with Crippen LogP contribution in [-0.2, 0) is 14.3 Å². The van der Waals surface area contributed by atoms with Crippen molar-refractivity contribution >= 4 is 5.91 Å². The fourth-order valence-electron chi connectivity index (χ4n) is 10.0. The summed E-state index contributed by atoms with van der Waals surface area (Å²) in [5.41, 5.74) is 0. The number of nitrogens with one attached hydrogen (secondary N) is 1. The second kappa shape index (κ2) is 48.4. The van der Waals surface area contributed by atoms with Gasteiger partial charge in [-0.2, -0.15) is 0 Å². The number of rotatable bonds is 52. The van der Waals surface area contributed by atoms with Crippen LogP contribution >= 0.6 is 0 Å². The predicted octanol–water partition coefficient (Wildman–Crippen LogP) is 13.6. The zero-order valence-corrected chi connectivity index (χ0v) is 44.8. The molecule has 0 aliphatic carbocycles. The molecule has 1 amide bonds. The highest BCUT2D eigenvalue weighted by molar-refractivity contribution is 5.76. The molecule has 10 heteroatoms. The molecule has 1 heterocycles. The molecule has 68 heavy (non-hydrogen) atoms. The average molecular weight is 971 g/mol. The number of carbonyl (C=O) groups is 1. The third-order valence-corrected chi connectivity index (χ3v) is 14.8. The van der Waals surface area contributed by atoms with Gasteiger partial charge in [-0.15, -0.1) is 0 Å². The molecule has 10 nitrogen and oxygen atoms in total. The molecular weight excluding hydrogens is 855 g/mol. The molecule has 7 N–H and O–H groups in total. The summed E-state index contributed by atoms with van der Waals surface area (Å²) in [5.74, 6) is -0.251. The molecule has 0 saturated carbocycles. The second-order valence-electron chi connectivity index (χ2n) is 21.3. The monoisotopic (exact) mass is 970 g/mol. The van der Waals surface area contributed by atoms with Gasteiger partial charge in [-0.1, -0.05) is 284 Å². The first kappa shape index (κ1) is 65.2. The number of aliphatic hydroxyl groups is 6. The maximum Gasteiger partial charge on any atom is 0.220 e. The Balaban J connectivity index is 2.13. The Morgan fingerprint density at radius 3 is 1.09 bits per heavy atom. The summed E-state index contributed by atoms with van der Waals surface area (Å²) < 4.78 is 11.2. The molecule has 1 rings (SSSR count). The molecule has 406 valence electrons. The van der Waals surface area contributed by atoms with E-state index in [4.69, 9.17) is 9.47 Å². The van der Waals surface area contributed by atoms with Crippen LogP contribution in [0.4, 0.5) is 0 Å². The van der Waals surface area contributed by atoms with Crippen LogP contribution in [0.2, 0.25) is 0 Å². The van der Waals surface area contributed by atoms with Gasteiger partial charge in [0.05, 0.1) is 25.4 Å². The highest BCUT2D eigenvalue weighted by Gasteiger charge is 2.44. The fraction of sp³-hybridized carbons (Fsp3) is 0.983. The SMILES string of the molecule is CCCCCCCCCCCCCCCCCCCCCCCCCCCCCCCCCC(=O)N[C@@H](CO[C@@H]1O[C@H](CO)[C@H](O)C(O)C1O)[C@H](O)[C@H](O)CCCCCCCCCCCCCC. The van der Waals surface area contributed by atoms with Crippen LogP contribution in [0.3, 0.4) is 0 Å². The molecule has 0 aromatic rings. The van der Waals surface area contributed by atoms with Crippen molar-refractivity contribution in [2.45, 2.75) is 352 Å². The number of hydrogen-bond donors (Lipinski definition) is 7. The van der Waals surface area contributed by atoms with Crippen LogP contribution in [0.15, 0.2) is 0 Å². The lowest BCUT2D eigenvalue weighted by Gasteiger charge is -2.40. The van der Waals surface area contributed by atoms with Gasteiger partial charge in [0.25, 0.3) is 0 Å². The number of aliphatic hydroxyl groups excluding tert-OH is 6. The lowest BCUT2D eigenvalue weighted by molar-refractivity contribution is -0.303. The summed E-state index contributed by atoms with van der Waals surface area (Å²) in [5, 5.41) is 65.4. The topological polar surface area (TPSA) is 169 Å². The minimum atomic E-state index is -1.60. The van der Waals surface area contributed by atoms with E-state index in [0.29, 0.717) is 6.42 Å². The van der Waals surface area contributed by atoms with Crippen molar-refractivity contribution in [1.29, 1.82) is 0 Å². The Hall–Kier alpha value is -0.850. The molecule has 8 atom stereocenters. The standard InChI is InChI=1S/C58H115NO9/c1-3-5-7-9-11-13-15-17-18-19-20-21-22-23-24-25-26-27-28-29-30-31-32-33-34-35-37-39-41-43-45-47-53(62)59-50(49-67-58-57(66)56(65)55(64)52(48-60)68-58)54(63)51(61)46-44-42-40-38-36-16-14-12-10-8-6-4-2/h50-52,54-58,60-61,63-66H,3-49H2,1-2H3,(H,59,62)/t50-,51+,52+,54-,55-,56?,57?,58+/m0/s1. The first-order chi connectivity index (χ1) is 33.3. The molecule has 2 unspecified atom stereocenters. The summed E-state index contributed by atoms with van der Waals surface area (Å²) in [6.07, 6.45) is 47.2. The van der Waals surface area contributed by atoms with Crippen molar-refractivity contribution in [3.05, 3.63) is 0 Å². The Morgan fingerprint density at radius 1 is 0.456 bits per heavy atom. The summed E-state index contributed by atoms with van der Waals surface area (Å²) >= 11 is 0. The van der Waals surface area contributed by atoms with Crippen molar-refractivity contribution < 1.29 is 44.9 Å². The van der Waals surface area contributed by atoms with Crippen LogP contribution < -0.4 is 5.32 Å². The number of ether oxygens (including phenoxy) is 2. The predicted molar refractivity (Wildman–Crippen MR) is 283 cm³/mol. The molecule has 1 saturated heterocycles. The van der Waals surface area contributed by atoms with Gasteiger partial charge >= 0.3 is 0 Å². The molecule has 0 bridgehead atoms. The third-order valence-electron chi connectivity index (χ3n) is 14.8. The molecule has 0 aromatic heterocycles. The Labute approximate surface area is 419 Å². The van der Waals surface area contributed by atoms with Gasteiger partial charge in [0, 0.05) is 6.42 Å². The highest BCUT2D eigenvalue weighted by atomic mass is 16.7. The lowest BCUT2D eigenvalue weighted by atomic mass is 9.98. The van der Waals surface area contributed by atoms with E-state index in [9.17, 15) is 35.4 Å². The Morgan fingerprint density at radius 2 is 0.765 bits per heavy atom. The van der Waals surface area contributed by atoms with Crippen molar-refractivity contribution in [2.75, 3.05) is 13.2 Å². The molecule has 0 aromatic carbocycles. The smallest absolute Gasteiger partial charge is 0.220 e. The van der Waals surface area contributed by atoms with Gasteiger partial charge in [0.2, 0.25) is 5.91 Å². The fourth-order valence-corrected chi connectivity index (χ4v) is 10.0. The van der Waals surface area contributed by atoms with E-state index in [1.165, 1.54) is 238 Å². The van der Waals surface area contributed by atoms with Gasteiger partial charge in [0.1, 0.15) is 30.5 Å². The van der Waals surface area contributed by atoms with E-state index in [1.807, 2.05) is 0 Å². The van der Waals surface area contributed by atoms with E-state index >= 15 is 0 Å². The average Bonchev–Trinajstić information content (AvgIpc) is 3.34. The van der Waals surface area contributed by atoms with Crippen molar-refractivity contribution in [2.24, 2.45) is 0 Å². The molecule has 0 spiro atoms. The minimum Gasteiger partial charge on any atom is -0.394 e. The molecule has 1 fully saturated rings. The first-order valence-electron chi connectivity index (χ1n) is 29.8. The van der Waals surface area contributed by atoms with Gasteiger partial charge in [-0.3, -0.25) is 4.79 Å². The number of hydrogen-bond acceptors (Lipinski definition) is 9. The first-order valence-corrected chi connectivity index (χ1v) is 29.8. The lowest BCUT2D eigenvalue weighted by Crippen LogP contribution is -2.60. The van der Waals surface area contributed by atoms with E-state index in [-0.39, 0.29) is 18.9 Å². The summed E-state index contributed by atoms with van der Waals surface area (Å²) in [4.78, 5) is 13.1. The number of amides is 1. The van der Waals surface area contributed by atoms with Crippen LogP contribution in [0.5, 0.6) is 0 Å². The zero-order chi connectivity index (χ0) is 49.6. The van der Waals surface area contributed by atoms with Crippen LogP contribution in [-0.4, -0.2) is 98.7 Å². The zero-order valence-electron chi connectivity index (χ0n) is 44.8. The van der Waals surface area contributed by atoms with Crippen molar-refractivity contribution in [1.82, 2.24) is 5.32 Å².